The van der Waals surface area contributed by atoms with Crippen LogP contribution in [0.3, 0.4) is 0 Å². The van der Waals surface area contributed by atoms with E-state index in [0.29, 0.717) is 11.3 Å². The molecular formula is C18H19N3O3. The van der Waals surface area contributed by atoms with E-state index in [0.717, 1.165) is 5.56 Å². The maximum atomic E-state index is 12.0. The van der Waals surface area contributed by atoms with Crippen LogP contribution in [0.4, 0.5) is 0 Å². The smallest absolute Gasteiger partial charge is 0.262 e. The summed E-state index contributed by atoms with van der Waals surface area (Å²) in [5, 5.41) is 6.50. The molecule has 1 unspecified atom stereocenters. The van der Waals surface area contributed by atoms with Gasteiger partial charge in [-0.1, -0.05) is 30.3 Å². The summed E-state index contributed by atoms with van der Waals surface area (Å²) in [6, 6.07) is 15.3. The SMILES string of the molecule is COc1cccc(C=NNC(=O)C(C)NC(=O)c2ccccc2)c1. The number of nitrogens with one attached hydrogen (secondary N) is 2. The highest BCUT2D eigenvalue weighted by Gasteiger charge is 2.15. The third-order valence-electron chi connectivity index (χ3n) is 3.26. The first kappa shape index (κ1) is 17.2. The first-order valence-corrected chi connectivity index (χ1v) is 7.43. The van der Waals surface area contributed by atoms with Gasteiger partial charge in [-0.05, 0) is 36.8 Å². The molecule has 0 bridgehead atoms. The monoisotopic (exact) mass is 325 g/mol. The number of nitrogens with zero attached hydrogens (tertiary/aromatic N) is 1. The molecule has 2 rings (SSSR count). The van der Waals surface area contributed by atoms with E-state index in [4.69, 9.17) is 4.74 Å². The van der Waals surface area contributed by atoms with Crippen molar-refractivity contribution in [2.24, 2.45) is 5.10 Å². The molecule has 0 aliphatic carbocycles. The zero-order valence-electron chi connectivity index (χ0n) is 13.5. The lowest BCUT2D eigenvalue weighted by Gasteiger charge is -2.12. The Morgan fingerprint density at radius 1 is 1.12 bits per heavy atom. The van der Waals surface area contributed by atoms with E-state index in [1.54, 1.807) is 44.4 Å². The van der Waals surface area contributed by atoms with E-state index >= 15 is 0 Å². The van der Waals surface area contributed by atoms with Crippen molar-refractivity contribution in [3.05, 3.63) is 65.7 Å². The van der Waals surface area contributed by atoms with Crippen molar-refractivity contribution >= 4 is 18.0 Å². The van der Waals surface area contributed by atoms with E-state index in [9.17, 15) is 9.59 Å². The molecule has 0 fully saturated rings. The third kappa shape index (κ3) is 4.95. The lowest BCUT2D eigenvalue weighted by atomic mass is 10.2. The summed E-state index contributed by atoms with van der Waals surface area (Å²) in [5.41, 5.74) is 3.69. The molecule has 2 amide bonds. The number of benzene rings is 2. The molecule has 0 aliphatic rings. The van der Waals surface area contributed by atoms with Gasteiger partial charge in [0, 0.05) is 5.56 Å². The summed E-state index contributed by atoms with van der Waals surface area (Å²) in [5.74, 6) is -0.0118. The molecular weight excluding hydrogens is 306 g/mol. The Kier molecular flexibility index (Phi) is 6.08. The largest absolute Gasteiger partial charge is 0.497 e. The Morgan fingerprint density at radius 3 is 2.58 bits per heavy atom. The molecule has 6 nitrogen and oxygen atoms in total. The van der Waals surface area contributed by atoms with Crippen LogP contribution in [-0.4, -0.2) is 31.2 Å². The van der Waals surface area contributed by atoms with Crippen LogP contribution < -0.4 is 15.5 Å². The maximum Gasteiger partial charge on any atom is 0.262 e. The van der Waals surface area contributed by atoms with Crippen LogP contribution in [0, 0.1) is 0 Å². The number of amides is 2. The standard InChI is InChI=1S/C18H19N3O3/c1-13(20-18(23)15-8-4-3-5-9-15)17(22)21-19-12-14-7-6-10-16(11-14)24-2/h3-13H,1-2H3,(H,20,23)(H,21,22). The minimum Gasteiger partial charge on any atom is -0.497 e. The Hall–Kier alpha value is -3.15. The van der Waals surface area contributed by atoms with E-state index in [1.165, 1.54) is 6.21 Å². The number of hydrogen-bond acceptors (Lipinski definition) is 4. The van der Waals surface area contributed by atoms with Crippen LogP contribution in [0.5, 0.6) is 5.75 Å². The molecule has 1 atom stereocenters. The van der Waals surface area contributed by atoms with E-state index < -0.39 is 11.9 Å². The average Bonchev–Trinajstić information content (AvgIpc) is 2.62. The summed E-state index contributed by atoms with van der Waals surface area (Å²) in [4.78, 5) is 23.9. The number of hydrazone groups is 1. The van der Waals surface area contributed by atoms with Crippen molar-refractivity contribution in [3.63, 3.8) is 0 Å². The number of ether oxygens (including phenoxy) is 1. The molecule has 0 radical (unpaired) electrons. The maximum absolute atomic E-state index is 12.0. The zero-order chi connectivity index (χ0) is 17.4. The molecule has 6 heteroatoms. The summed E-state index contributed by atoms with van der Waals surface area (Å²) in [7, 11) is 1.58. The minimum atomic E-state index is -0.708. The van der Waals surface area contributed by atoms with Gasteiger partial charge in [0.05, 0.1) is 13.3 Å². The third-order valence-corrected chi connectivity index (χ3v) is 3.26. The van der Waals surface area contributed by atoms with Gasteiger partial charge in [-0.2, -0.15) is 5.10 Å². The summed E-state index contributed by atoms with van der Waals surface area (Å²) in [6.07, 6.45) is 1.51. The first-order chi connectivity index (χ1) is 11.6. The molecule has 24 heavy (non-hydrogen) atoms. The molecule has 2 aromatic rings. The van der Waals surface area contributed by atoms with Crippen molar-refractivity contribution in [2.45, 2.75) is 13.0 Å². The molecule has 2 aromatic carbocycles. The Labute approximate surface area is 140 Å². The van der Waals surface area contributed by atoms with Gasteiger partial charge < -0.3 is 10.1 Å². The minimum absolute atomic E-state index is 0.310. The topological polar surface area (TPSA) is 79.8 Å². The van der Waals surface area contributed by atoms with Crippen molar-refractivity contribution in [1.29, 1.82) is 0 Å². The second-order valence-electron chi connectivity index (χ2n) is 5.07. The summed E-state index contributed by atoms with van der Waals surface area (Å²) >= 11 is 0. The van der Waals surface area contributed by atoms with Crippen LogP contribution in [0.1, 0.15) is 22.8 Å². The molecule has 0 spiro atoms. The summed E-state index contributed by atoms with van der Waals surface area (Å²) in [6.45, 7) is 1.59. The molecule has 0 saturated carbocycles. The Morgan fingerprint density at radius 2 is 1.88 bits per heavy atom. The van der Waals surface area contributed by atoms with E-state index in [1.807, 2.05) is 24.3 Å². The van der Waals surface area contributed by atoms with Crippen molar-refractivity contribution in [3.8, 4) is 5.75 Å². The van der Waals surface area contributed by atoms with Crippen molar-refractivity contribution in [2.75, 3.05) is 7.11 Å². The second-order valence-corrected chi connectivity index (χ2v) is 5.07. The van der Waals surface area contributed by atoms with Gasteiger partial charge in [0.25, 0.3) is 11.8 Å². The number of methoxy groups -OCH3 is 1. The normalized spacial score (nSPS) is 11.8. The molecule has 0 aliphatic heterocycles. The van der Waals surface area contributed by atoms with Gasteiger partial charge in [-0.25, -0.2) is 5.43 Å². The molecule has 2 N–H and O–H groups in total. The highest BCUT2D eigenvalue weighted by atomic mass is 16.5. The van der Waals surface area contributed by atoms with Crippen LogP contribution in [-0.2, 0) is 4.79 Å². The second kappa shape index (κ2) is 8.47. The highest BCUT2D eigenvalue weighted by Crippen LogP contribution is 2.10. The van der Waals surface area contributed by atoms with Crippen LogP contribution in [0.25, 0.3) is 0 Å². The molecule has 0 heterocycles. The summed E-state index contributed by atoms with van der Waals surface area (Å²) < 4.78 is 5.11. The van der Waals surface area contributed by atoms with Crippen LogP contribution >= 0.6 is 0 Å². The van der Waals surface area contributed by atoms with Gasteiger partial charge in [0.1, 0.15) is 11.8 Å². The van der Waals surface area contributed by atoms with Gasteiger partial charge >= 0.3 is 0 Å². The number of rotatable bonds is 6. The predicted octanol–water partition coefficient (Wildman–Crippen LogP) is 1.96. The lowest BCUT2D eigenvalue weighted by Crippen LogP contribution is -2.43. The quantitative estimate of drug-likeness (QED) is 0.629. The number of hydrogen-bond donors (Lipinski definition) is 2. The van der Waals surface area contributed by atoms with E-state index in [2.05, 4.69) is 15.8 Å². The molecule has 0 saturated heterocycles. The molecule has 0 aromatic heterocycles. The lowest BCUT2D eigenvalue weighted by molar-refractivity contribution is -0.122. The fourth-order valence-electron chi connectivity index (χ4n) is 1.92. The van der Waals surface area contributed by atoms with Crippen LogP contribution in [0.15, 0.2) is 59.7 Å². The predicted molar refractivity (Wildman–Crippen MR) is 92.1 cm³/mol. The fourth-order valence-corrected chi connectivity index (χ4v) is 1.92. The van der Waals surface area contributed by atoms with Crippen molar-refractivity contribution < 1.29 is 14.3 Å². The highest BCUT2D eigenvalue weighted by molar-refractivity contribution is 5.97. The first-order valence-electron chi connectivity index (χ1n) is 7.43. The fraction of sp³-hybridized carbons (Fsp3) is 0.167. The Balaban J connectivity index is 1.87. The average molecular weight is 325 g/mol. The van der Waals surface area contributed by atoms with E-state index in [-0.39, 0.29) is 5.91 Å². The van der Waals surface area contributed by atoms with Crippen molar-refractivity contribution in [1.82, 2.24) is 10.7 Å². The van der Waals surface area contributed by atoms with Crippen LogP contribution in [0.2, 0.25) is 0 Å². The Bertz CT molecular complexity index is 729. The number of carbonyl (C=O) groups excluding carboxylic acids is 2. The van der Waals surface area contributed by atoms with Gasteiger partial charge in [0.2, 0.25) is 0 Å². The van der Waals surface area contributed by atoms with Gasteiger partial charge in [0.15, 0.2) is 0 Å². The van der Waals surface area contributed by atoms with Gasteiger partial charge in [-0.3, -0.25) is 9.59 Å². The zero-order valence-corrected chi connectivity index (χ0v) is 13.5. The number of carbonyl (C=O) groups is 2. The van der Waals surface area contributed by atoms with Gasteiger partial charge in [-0.15, -0.1) is 0 Å². The molecule has 124 valence electrons.